The van der Waals surface area contributed by atoms with Crippen molar-refractivity contribution in [3.05, 3.63) is 54.1 Å². The second-order valence-corrected chi connectivity index (χ2v) is 7.75. The van der Waals surface area contributed by atoms with Gasteiger partial charge in [0, 0.05) is 38.6 Å². The van der Waals surface area contributed by atoms with Gasteiger partial charge in [-0.2, -0.15) is 0 Å². The lowest BCUT2D eigenvalue weighted by Crippen LogP contribution is -2.42. The van der Waals surface area contributed by atoms with Crippen LogP contribution in [0.5, 0.6) is 0 Å². The zero-order valence-electron chi connectivity index (χ0n) is 15.7. The first-order valence-corrected chi connectivity index (χ1v) is 9.83. The number of aliphatic imine (C=N–C) groups is 1. The summed E-state index contributed by atoms with van der Waals surface area (Å²) in [5.41, 5.74) is 3.15. The number of aromatic nitrogens is 2. The van der Waals surface area contributed by atoms with Crippen LogP contribution in [0.15, 0.2) is 48.0 Å². The molecule has 4 rings (SSSR count). The molecule has 2 heterocycles. The number of nitrogens with zero attached hydrogens (tertiary/aromatic N) is 4. The molecular formula is C21H29N5. The summed E-state index contributed by atoms with van der Waals surface area (Å²) in [7, 11) is 0. The molecular weight excluding hydrogens is 322 g/mol. The SMILES string of the molecule is CCNC(=NCc1cccc(Cn2ccnc2)c1)N1CCC2(CCC2)C1. The van der Waals surface area contributed by atoms with Gasteiger partial charge in [0.2, 0.25) is 0 Å². The molecule has 1 saturated carbocycles. The Morgan fingerprint density at radius 2 is 2.15 bits per heavy atom. The smallest absolute Gasteiger partial charge is 0.194 e. The number of rotatable bonds is 5. The highest BCUT2D eigenvalue weighted by molar-refractivity contribution is 5.80. The molecule has 26 heavy (non-hydrogen) atoms. The summed E-state index contributed by atoms with van der Waals surface area (Å²) in [6.45, 7) is 6.97. The van der Waals surface area contributed by atoms with Crippen LogP contribution in [0.4, 0.5) is 0 Å². The summed E-state index contributed by atoms with van der Waals surface area (Å²) in [5.74, 6) is 1.08. The second kappa shape index (κ2) is 7.52. The molecule has 0 radical (unpaired) electrons. The van der Waals surface area contributed by atoms with Crippen molar-refractivity contribution in [2.45, 2.75) is 45.7 Å². The van der Waals surface area contributed by atoms with Crippen LogP contribution in [0.2, 0.25) is 0 Å². The minimum atomic E-state index is 0.598. The molecule has 1 aromatic carbocycles. The molecule has 5 heteroatoms. The first kappa shape index (κ1) is 17.1. The average Bonchev–Trinajstić information content (AvgIpc) is 3.28. The van der Waals surface area contributed by atoms with Crippen LogP contribution >= 0.6 is 0 Å². The highest BCUT2D eigenvalue weighted by atomic mass is 15.3. The van der Waals surface area contributed by atoms with Gasteiger partial charge in [-0.3, -0.25) is 0 Å². The summed E-state index contributed by atoms with van der Waals surface area (Å²) in [5, 5.41) is 3.50. The van der Waals surface area contributed by atoms with Crippen LogP contribution in [0.3, 0.4) is 0 Å². The Balaban J connectivity index is 1.43. The van der Waals surface area contributed by atoms with Gasteiger partial charge in [-0.05, 0) is 42.7 Å². The average molecular weight is 351 g/mol. The van der Waals surface area contributed by atoms with Gasteiger partial charge in [-0.15, -0.1) is 0 Å². The summed E-state index contributed by atoms with van der Waals surface area (Å²) in [6, 6.07) is 8.72. The van der Waals surface area contributed by atoms with Gasteiger partial charge in [0.25, 0.3) is 0 Å². The number of hydrogen-bond donors (Lipinski definition) is 1. The van der Waals surface area contributed by atoms with Gasteiger partial charge >= 0.3 is 0 Å². The molecule has 2 fully saturated rings. The van der Waals surface area contributed by atoms with Crippen LogP contribution in [-0.2, 0) is 13.1 Å². The van der Waals surface area contributed by atoms with Crippen molar-refractivity contribution in [2.24, 2.45) is 10.4 Å². The topological polar surface area (TPSA) is 45.5 Å². The largest absolute Gasteiger partial charge is 0.357 e. The van der Waals surface area contributed by atoms with E-state index in [1.54, 1.807) is 0 Å². The summed E-state index contributed by atoms with van der Waals surface area (Å²) >= 11 is 0. The summed E-state index contributed by atoms with van der Waals surface area (Å²) < 4.78 is 2.09. The zero-order chi connectivity index (χ0) is 17.8. The van der Waals surface area contributed by atoms with E-state index in [2.05, 4.69) is 51.0 Å². The molecule has 2 aliphatic rings. The van der Waals surface area contributed by atoms with Gasteiger partial charge in [-0.25, -0.2) is 9.98 Å². The molecule has 0 amide bonds. The predicted octanol–water partition coefficient (Wildman–Crippen LogP) is 3.27. The van der Waals surface area contributed by atoms with Gasteiger partial charge < -0.3 is 14.8 Å². The summed E-state index contributed by atoms with van der Waals surface area (Å²) in [6.07, 6.45) is 11.2. The van der Waals surface area contributed by atoms with E-state index in [0.717, 1.165) is 32.1 Å². The second-order valence-electron chi connectivity index (χ2n) is 7.75. The monoisotopic (exact) mass is 351 g/mol. The molecule has 0 unspecified atom stereocenters. The normalized spacial score (nSPS) is 19.0. The maximum absolute atomic E-state index is 4.94. The van der Waals surface area contributed by atoms with E-state index in [0.29, 0.717) is 5.41 Å². The molecule has 1 aliphatic heterocycles. The Labute approximate surface area is 156 Å². The Morgan fingerprint density at radius 1 is 1.27 bits per heavy atom. The molecule has 5 nitrogen and oxygen atoms in total. The van der Waals surface area contributed by atoms with E-state index < -0.39 is 0 Å². The molecule has 1 aliphatic carbocycles. The van der Waals surface area contributed by atoms with E-state index in [1.165, 1.54) is 43.4 Å². The van der Waals surface area contributed by atoms with Crippen molar-refractivity contribution in [3.63, 3.8) is 0 Å². The number of likely N-dealkylation sites (tertiary alicyclic amines) is 1. The standard InChI is InChI=1S/C21H29N5/c1-2-23-20(26-11-9-21(16-26)7-4-8-21)24-14-18-5-3-6-19(13-18)15-25-12-10-22-17-25/h3,5-6,10,12-13,17H,2,4,7-9,11,14-16H2,1H3,(H,23,24). The van der Waals surface area contributed by atoms with E-state index in [4.69, 9.17) is 4.99 Å². The zero-order valence-corrected chi connectivity index (χ0v) is 15.7. The van der Waals surface area contributed by atoms with Crippen LogP contribution in [0, 0.1) is 5.41 Å². The van der Waals surface area contributed by atoms with Crippen molar-refractivity contribution in [2.75, 3.05) is 19.6 Å². The summed E-state index contributed by atoms with van der Waals surface area (Å²) in [4.78, 5) is 11.5. The Morgan fingerprint density at radius 3 is 2.85 bits per heavy atom. The fraction of sp³-hybridized carbons (Fsp3) is 0.524. The van der Waals surface area contributed by atoms with Crippen LogP contribution in [-0.4, -0.2) is 40.0 Å². The minimum Gasteiger partial charge on any atom is -0.357 e. The minimum absolute atomic E-state index is 0.598. The third kappa shape index (κ3) is 3.76. The Bertz CT molecular complexity index is 746. The number of guanidine groups is 1. The van der Waals surface area contributed by atoms with E-state index >= 15 is 0 Å². The quantitative estimate of drug-likeness (QED) is 0.664. The Hall–Kier alpha value is -2.30. The van der Waals surface area contributed by atoms with E-state index in [9.17, 15) is 0 Å². The number of benzene rings is 1. The number of hydrogen-bond acceptors (Lipinski definition) is 2. The van der Waals surface area contributed by atoms with Gasteiger partial charge in [0.1, 0.15) is 0 Å². The van der Waals surface area contributed by atoms with E-state index in [-0.39, 0.29) is 0 Å². The molecule has 1 aromatic heterocycles. The molecule has 1 saturated heterocycles. The number of imidazole rings is 1. The molecule has 138 valence electrons. The molecule has 2 aromatic rings. The highest BCUT2D eigenvalue weighted by Gasteiger charge is 2.43. The first-order valence-electron chi connectivity index (χ1n) is 9.83. The number of nitrogens with one attached hydrogen (secondary N) is 1. The maximum Gasteiger partial charge on any atom is 0.194 e. The van der Waals surface area contributed by atoms with Gasteiger partial charge in [-0.1, -0.05) is 30.7 Å². The van der Waals surface area contributed by atoms with Gasteiger partial charge in [0.15, 0.2) is 5.96 Å². The van der Waals surface area contributed by atoms with Crippen LogP contribution < -0.4 is 5.32 Å². The third-order valence-electron chi connectivity index (χ3n) is 5.81. The lowest BCUT2D eigenvalue weighted by Gasteiger charge is -2.38. The van der Waals surface area contributed by atoms with Crippen LogP contribution in [0.1, 0.15) is 43.7 Å². The maximum atomic E-state index is 4.94. The fourth-order valence-electron chi connectivity index (χ4n) is 4.21. The first-order chi connectivity index (χ1) is 12.8. The molecule has 0 bridgehead atoms. The van der Waals surface area contributed by atoms with Crippen molar-refractivity contribution in [3.8, 4) is 0 Å². The van der Waals surface area contributed by atoms with Crippen molar-refractivity contribution in [1.29, 1.82) is 0 Å². The van der Waals surface area contributed by atoms with Crippen molar-refractivity contribution >= 4 is 5.96 Å². The van der Waals surface area contributed by atoms with Crippen LogP contribution in [0.25, 0.3) is 0 Å². The third-order valence-corrected chi connectivity index (χ3v) is 5.81. The Kier molecular flexibility index (Phi) is 4.96. The van der Waals surface area contributed by atoms with Gasteiger partial charge in [0.05, 0.1) is 12.9 Å². The fourth-order valence-corrected chi connectivity index (χ4v) is 4.21. The lowest BCUT2D eigenvalue weighted by atomic mass is 9.68. The van der Waals surface area contributed by atoms with Crippen molar-refractivity contribution in [1.82, 2.24) is 19.8 Å². The highest BCUT2D eigenvalue weighted by Crippen LogP contribution is 2.47. The predicted molar refractivity (Wildman–Crippen MR) is 105 cm³/mol. The molecule has 1 N–H and O–H groups in total. The molecule has 0 atom stereocenters. The lowest BCUT2D eigenvalue weighted by molar-refractivity contribution is 0.151. The van der Waals surface area contributed by atoms with Crippen molar-refractivity contribution < 1.29 is 0 Å². The molecule has 1 spiro atoms. The van der Waals surface area contributed by atoms with E-state index in [1.807, 2.05) is 18.7 Å².